The highest BCUT2D eigenvalue weighted by Crippen LogP contribution is 2.33. The van der Waals surface area contributed by atoms with Crippen molar-refractivity contribution >= 4 is 17.9 Å². The molecule has 2 aromatic rings. The van der Waals surface area contributed by atoms with Crippen LogP contribution in [0.2, 0.25) is 0 Å². The lowest BCUT2D eigenvalue weighted by Crippen LogP contribution is -2.38. The van der Waals surface area contributed by atoms with E-state index in [0.29, 0.717) is 29.4 Å². The number of ether oxygens (including phenoxy) is 1. The lowest BCUT2D eigenvalue weighted by Gasteiger charge is -2.29. The second-order valence-electron chi connectivity index (χ2n) is 4.70. The molecule has 0 radical (unpaired) electrons. The van der Waals surface area contributed by atoms with Gasteiger partial charge in [0, 0.05) is 11.6 Å². The van der Waals surface area contributed by atoms with E-state index in [-0.39, 0.29) is 24.8 Å². The highest BCUT2D eigenvalue weighted by Gasteiger charge is 2.27. The second-order valence-corrected chi connectivity index (χ2v) is 4.70. The molecule has 5 nitrogen and oxygen atoms in total. The largest absolute Gasteiger partial charge is 0.482 e. The molecule has 0 saturated heterocycles. The van der Waals surface area contributed by atoms with Gasteiger partial charge in [-0.05, 0) is 18.2 Å². The Kier molecular flexibility index (Phi) is 3.54. The van der Waals surface area contributed by atoms with Crippen molar-refractivity contribution in [3.63, 3.8) is 0 Å². The molecule has 1 aromatic carbocycles. The molecule has 0 N–H and O–H groups in total. The molecule has 0 fully saturated rings. The van der Waals surface area contributed by atoms with Crippen molar-refractivity contribution in [1.29, 1.82) is 0 Å². The monoisotopic (exact) mass is 304 g/mol. The van der Waals surface area contributed by atoms with Crippen molar-refractivity contribution in [2.45, 2.75) is 6.54 Å². The zero-order chi connectivity index (χ0) is 15.7. The highest BCUT2D eigenvalue weighted by molar-refractivity contribution is 5.98. The van der Waals surface area contributed by atoms with Crippen LogP contribution in [-0.2, 0) is 11.3 Å². The van der Waals surface area contributed by atoms with Crippen LogP contribution in [0.5, 0.6) is 5.75 Å². The number of carbonyl (C=O) groups is 2. The molecular formula is C15H10F2N2O3. The van der Waals surface area contributed by atoms with Crippen LogP contribution in [0.4, 0.5) is 14.5 Å². The van der Waals surface area contributed by atoms with E-state index in [1.807, 2.05) is 0 Å². The molecule has 1 amide bonds. The van der Waals surface area contributed by atoms with Crippen LogP contribution in [0.1, 0.15) is 16.1 Å². The fourth-order valence-corrected chi connectivity index (χ4v) is 2.18. The summed E-state index contributed by atoms with van der Waals surface area (Å²) in [5.41, 5.74) is 0.758. The molecule has 112 valence electrons. The maximum Gasteiger partial charge on any atom is 0.265 e. The Morgan fingerprint density at radius 1 is 1.32 bits per heavy atom. The average Bonchev–Trinajstić information content (AvgIpc) is 2.51. The van der Waals surface area contributed by atoms with E-state index in [2.05, 4.69) is 4.98 Å². The molecule has 0 unspecified atom stereocenters. The number of carbonyl (C=O) groups excluding carboxylic acids is 2. The van der Waals surface area contributed by atoms with Crippen LogP contribution in [0, 0.1) is 11.6 Å². The first-order chi connectivity index (χ1) is 10.6. The number of fused-ring (bicyclic) bond motifs is 1. The Bertz CT molecular complexity index is 764. The van der Waals surface area contributed by atoms with E-state index >= 15 is 0 Å². The summed E-state index contributed by atoms with van der Waals surface area (Å²) < 4.78 is 31.9. The smallest absolute Gasteiger partial charge is 0.265 e. The van der Waals surface area contributed by atoms with Gasteiger partial charge in [-0.25, -0.2) is 8.78 Å². The molecule has 1 aliphatic rings. The van der Waals surface area contributed by atoms with Crippen LogP contribution in [0.15, 0.2) is 30.5 Å². The van der Waals surface area contributed by atoms with Crippen LogP contribution in [0.3, 0.4) is 0 Å². The third-order valence-electron chi connectivity index (χ3n) is 3.25. The normalized spacial score (nSPS) is 13.5. The number of rotatable bonds is 3. The maximum atomic E-state index is 13.7. The number of benzene rings is 1. The van der Waals surface area contributed by atoms with Gasteiger partial charge in [0.25, 0.3) is 5.91 Å². The molecule has 0 atom stereocenters. The number of aromatic nitrogens is 1. The van der Waals surface area contributed by atoms with Gasteiger partial charge in [0.15, 0.2) is 6.61 Å². The zero-order valence-corrected chi connectivity index (χ0v) is 11.3. The molecule has 0 bridgehead atoms. The third kappa shape index (κ3) is 2.52. The summed E-state index contributed by atoms with van der Waals surface area (Å²) in [5, 5.41) is 0. The summed E-state index contributed by atoms with van der Waals surface area (Å²) in [6, 6.07) is 5.27. The average molecular weight is 304 g/mol. The van der Waals surface area contributed by atoms with Gasteiger partial charge in [-0.3, -0.25) is 19.5 Å². The summed E-state index contributed by atoms with van der Waals surface area (Å²) in [6.07, 6.45) is 1.55. The first-order valence-electron chi connectivity index (χ1n) is 6.41. The fourth-order valence-electron chi connectivity index (χ4n) is 2.18. The minimum Gasteiger partial charge on any atom is -0.482 e. The number of hydrogen-bond donors (Lipinski definition) is 0. The molecule has 1 aromatic heterocycles. The third-order valence-corrected chi connectivity index (χ3v) is 3.25. The van der Waals surface area contributed by atoms with E-state index < -0.39 is 11.6 Å². The summed E-state index contributed by atoms with van der Waals surface area (Å²) in [5.74, 6) is -1.64. The Labute approximate surface area is 124 Å². The number of nitrogens with zero attached hydrogens (tertiary/aromatic N) is 2. The molecule has 3 rings (SSSR count). The zero-order valence-electron chi connectivity index (χ0n) is 11.3. The van der Waals surface area contributed by atoms with Gasteiger partial charge >= 0.3 is 0 Å². The van der Waals surface area contributed by atoms with Gasteiger partial charge < -0.3 is 4.74 Å². The first-order valence-corrected chi connectivity index (χ1v) is 6.41. The molecular weight excluding hydrogens is 294 g/mol. The van der Waals surface area contributed by atoms with Gasteiger partial charge in [0.05, 0.1) is 24.1 Å². The Hall–Kier alpha value is -2.83. The predicted molar refractivity (Wildman–Crippen MR) is 72.7 cm³/mol. The van der Waals surface area contributed by atoms with E-state index in [1.165, 1.54) is 23.1 Å². The summed E-state index contributed by atoms with van der Waals surface area (Å²) in [6.45, 7) is -0.375. The second kappa shape index (κ2) is 5.51. The minimum atomic E-state index is -0.828. The molecule has 7 heteroatoms. The van der Waals surface area contributed by atoms with Gasteiger partial charge in [-0.15, -0.1) is 0 Å². The van der Waals surface area contributed by atoms with Gasteiger partial charge in [0.2, 0.25) is 0 Å². The van der Waals surface area contributed by atoms with Crippen molar-refractivity contribution in [1.82, 2.24) is 4.98 Å². The Morgan fingerprint density at radius 3 is 2.86 bits per heavy atom. The number of hydrogen-bond acceptors (Lipinski definition) is 4. The highest BCUT2D eigenvalue weighted by atomic mass is 19.1. The van der Waals surface area contributed by atoms with E-state index in [9.17, 15) is 18.4 Å². The summed E-state index contributed by atoms with van der Waals surface area (Å²) in [4.78, 5) is 27.7. The van der Waals surface area contributed by atoms with Crippen molar-refractivity contribution in [3.8, 4) is 5.75 Å². The standard InChI is InChI=1S/C15H10F2N2O3/c16-10-4-11(17)12(18-5-10)6-19-13-2-1-9(7-20)3-14(13)22-8-15(19)21/h1-5,7H,6,8H2. The Morgan fingerprint density at radius 2 is 2.14 bits per heavy atom. The number of aldehydes is 1. The van der Waals surface area contributed by atoms with Crippen LogP contribution in [-0.4, -0.2) is 23.8 Å². The van der Waals surface area contributed by atoms with Crippen LogP contribution < -0.4 is 9.64 Å². The fraction of sp³-hybridized carbons (Fsp3) is 0.133. The molecule has 22 heavy (non-hydrogen) atoms. The molecule has 0 aliphatic carbocycles. The SMILES string of the molecule is O=Cc1ccc2c(c1)OCC(=O)N2Cc1ncc(F)cc1F. The number of pyridine rings is 1. The van der Waals surface area contributed by atoms with Gasteiger partial charge in [-0.1, -0.05) is 0 Å². The van der Waals surface area contributed by atoms with E-state index in [0.717, 1.165) is 6.20 Å². The molecule has 0 saturated carbocycles. The summed E-state index contributed by atoms with van der Waals surface area (Å²) >= 11 is 0. The lowest BCUT2D eigenvalue weighted by molar-refractivity contribution is -0.121. The predicted octanol–water partition coefficient (Wildman–Crippen LogP) is 2.10. The van der Waals surface area contributed by atoms with Crippen molar-refractivity contribution in [2.75, 3.05) is 11.5 Å². The van der Waals surface area contributed by atoms with Crippen LogP contribution in [0.25, 0.3) is 0 Å². The van der Waals surface area contributed by atoms with E-state index in [4.69, 9.17) is 4.74 Å². The topological polar surface area (TPSA) is 59.5 Å². The minimum absolute atomic E-state index is 0.0536. The van der Waals surface area contributed by atoms with Gasteiger partial charge in [0.1, 0.15) is 23.7 Å². The molecule has 2 heterocycles. The van der Waals surface area contributed by atoms with Crippen molar-refractivity contribution in [3.05, 3.63) is 53.4 Å². The van der Waals surface area contributed by atoms with Crippen molar-refractivity contribution in [2.24, 2.45) is 0 Å². The maximum absolute atomic E-state index is 13.7. The molecule has 0 spiro atoms. The summed E-state index contributed by atoms with van der Waals surface area (Å²) in [7, 11) is 0. The lowest BCUT2D eigenvalue weighted by atomic mass is 10.1. The number of amides is 1. The van der Waals surface area contributed by atoms with E-state index in [1.54, 1.807) is 0 Å². The number of anilines is 1. The van der Waals surface area contributed by atoms with Crippen LogP contribution >= 0.6 is 0 Å². The first kappa shape index (κ1) is 14.1. The number of halogens is 2. The van der Waals surface area contributed by atoms with Gasteiger partial charge in [-0.2, -0.15) is 0 Å². The Balaban J connectivity index is 1.97. The molecule has 1 aliphatic heterocycles. The quantitative estimate of drug-likeness (QED) is 0.815. The van der Waals surface area contributed by atoms with Crippen molar-refractivity contribution < 1.29 is 23.1 Å².